The normalized spacial score (nSPS) is 25.1. The average Bonchev–Trinajstić information content (AvgIpc) is 3.23. The van der Waals surface area contributed by atoms with Gasteiger partial charge in [0.2, 0.25) is 0 Å². The first-order valence-corrected chi connectivity index (χ1v) is 8.27. The fourth-order valence-electron chi connectivity index (χ4n) is 3.15. The maximum Gasteiger partial charge on any atom is 0.318 e. The van der Waals surface area contributed by atoms with Crippen LogP contribution in [-0.2, 0) is 4.74 Å². The number of likely N-dealkylation sites (tertiary alicyclic amines) is 1. The summed E-state index contributed by atoms with van der Waals surface area (Å²) in [5.41, 5.74) is 0.946. The van der Waals surface area contributed by atoms with E-state index in [1.807, 2.05) is 11.0 Å². The topological polar surface area (TPSA) is 67.6 Å². The van der Waals surface area contributed by atoms with E-state index in [1.54, 1.807) is 0 Å². The molecule has 0 aliphatic carbocycles. The van der Waals surface area contributed by atoms with Crippen LogP contribution in [0, 0.1) is 0 Å². The molecule has 0 aromatic carbocycles. The minimum absolute atomic E-state index is 0.00416. The van der Waals surface area contributed by atoms with Crippen molar-refractivity contribution in [2.24, 2.45) is 0 Å². The Balaban J connectivity index is 1.60. The molecule has 22 heavy (non-hydrogen) atoms. The van der Waals surface area contributed by atoms with E-state index < -0.39 is 0 Å². The van der Waals surface area contributed by atoms with Crippen LogP contribution in [0.1, 0.15) is 62.9 Å². The first-order valence-electron chi connectivity index (χ1n) is 8.27. The van der Waals surface area contributed by atoms with Crippen LogP contribution in [0.15, 0.2) is 10.6 Å². The van der Waals surface area contributed by atoms with E-state index in [0.29, 0.717) is 12.5 Å². The molecule has 2 amide bonds. The molecule has 0 radical (unpaired) electrons. The number of rotatable bonds is 4. The van der Waals surface area contributed by atoms with E-state index in [4.69, 9.17) is 9.26 Å². The molecule has 1 aromatic rings. The average molecular weight is 307 g/mol. The SMILES string of the molecule is CC(C)c1cc(C2CCCN2C(=O)NCC2CCCO2)on1. The third-order valence-electron chi connectivity index (χ3n) is 4.49. The highest BCUT2D eigenvalue weighted by Gasteiger charge is 2.33. The molecule has 3 rings (SSSR count). The number of ether oxygens (including phenoxy) is 1. The lowest BCUT2D eigenvalue weighted by Gasteiger charge is -2.23. The van der Waals surface area contributed by atoms with Gasteiger partial charge in [-0.25, -0.2) is 4.79 Å². The van der Waals surface area contributed by atoms with Gasteiger partial charge < -0.3 is 19.5 Å². The van der Waals surface area contributed by atoms with Crippen molar-refractivity contribution in [2.45, 2.75) is 57.6 Å². The highest BCUT2D eigenvalue weighted by molar-refractivity contribution is 5.75. The Hall–Kier alpha value is -1.56. The molecule has 2 saturated heterocycles. The van der Waals surface area contributed by atoms with E-state index in [9.17, 15) is 4.79 Å². The predicted octanol–water partition coefficient (Wildman–Crippen LogP) is 2.82. The number of urea groups is 1. The number of hydrogen-bond donors (Lipinski definition) is 1. The number of nitrogens with one attached hydrogen (secondary N) is 1. The minimum Gasteiger partial charge on any atom is -0.376 e. The summed E-state index contributed by atoms with van der Waals surface area (Å²) in [4.78, 5) is 14.3. The van der Waals surface area contributed by atoms with Crippen LogP contribution in [-0.4, -0.2) is 41.9 Å². The summed E-state index contributed by atoms with van der Waals surface area (Å²) < 4.78 is 11.0. The highest BCUT2D eigenvalue weighted by Crippen LogP contribution is 2.33. The second-order valence-corrected chi connectivity index (χ2v) is 6.48. The van der Waals surface area contributed by atoms with Gasteiger partial charge in [-0.3, -0.25) is 0 Å². The largest absolute Gasteiger partial charge is 0.376 e. The Morgan fingerprint density at radius 3 is 3.00 bits per heavy atom. The molecule has 2 unspecified atom stereocenters. The Bertz CT molecular complexity index is 508. The van der Waals surface area contributed by atoms with Gasteiger partial charge in [-0.2, -0.15) is 0 Å². The molecule has 2 atom stereocenters. The second kappa shape index (κ2) is 6.69. The molecule has 0 bridgehead atoms. The summed E-state index contributed by atoms with van der Waals surface area (Å²) in [5, 5.41) is 7.11. The number of carbonyl (C=O) groups excluding carboxylic acids is 1. The molecule has 2 fully saturated rings. The van der Waals surface area contributed by atoms with Gasteiger partial charge in [-0.05, 0) is 31.6 Å². The Kier molecular flexibility index (Phi) is 4.66. The van der Waals surface area contributed by atoms with E-state index >= 15 is 0 Å². The first-order chi connectivity index (χ1) is 10.6. The molecule has 2 aliphatic rings. The third kappa shape index (κ3) is 3.27. The second-order valence-electron chi connectivity index (χ2n) is 6.48. The van der Waals surface area contributed by atoms with Crippen molar-refractivity contribution in [3.05, 3.63) is 17.5 Å². The molecule has 0 spiro atoms. The van der Waals surface area contributed by atoms with Gasteiger partial charge in [-0.1, -0.05) is 19.0 Å². The molecule has 2 aliphatic heterocycles. The molecule has 3 heterocycles. The maximum absolute atomic E-state index is 12.4. The fourth-order valence-corrected chi connectivity index (χ4v) is 3.15. The van der Waals surface area contributed by atoms with Crippen LogP contribution in [0.4, 0.5) is 4.79 Å². The van der Waals surface area contributed by atoms with Crippen LogP contribution in [0.25, 0.3) is 0 Å². The Morgan fingerprint density at radius 2 is 2.32 bits per heavy atom. The summed E-state index contributed by atoms with van der Waals surface area (Å²) in [6.07, 6.45) is 4.21. The summed E-state index contributed by atoms with van der Waals surface area (Å²) in [7, 11) is 0. The van der Waals surface area contributed by atoms with Gasteiger partial charge in [0, 0.05) is 25.8 Å². The molecule has 122 valence electrons. The molecular weight excluding hydrogens is 282 g/mol. The van der Waals surface area contributed by atoms with Gasteiger partial charge in [0.25, 0.3) is 0 Å². The van der Waals surface area contributed by atoms with E-state index in [2.05, 4.69) is 24.3 Å². The number of carbonyl (C=O) groups is 1. The fraction of sp³-hybridized carbons (Fsp3) is 0.750. The van der Waals surface area contributed by atoms with Gasteiger partial charge >= 0.3 is 6.03 Å². The van der Waals surface area contributed by atoms with Gasteiger partial charge in [0.05, 0.1) is 17.8 Å². The van der Waals surface area contributed by atoms with E-state index in [-0.39, 0.29) is 18.2 Å². The highest BCUT2D eigenvalue weighted by atomic mass is 16.5. The van der Waals surface area contributed by atoms with Crippen molar-refractivity contribution in [3.63, 3.8) is 0 Å². The molecular formula is C16H25N3O3. The van der Waals surface area contributed by atoms with Crippen molar-refractivity contribution in [1.29, 1.82) is 0 Å². The zero-order chi connectivity index (χ0) is 15.5. The van der Waals surface area contributed by atoms with Crippen LogP contribution < -0.4 is 5.32 Å². The monoisotopic (exact) mass is 307 g/mol. The standard InChI is InChI=1S/C16H25N3O3/c1-11(2)13-9-15(22-18-13)14-6-3-7-19(14)16(20)17-10-12-5-4-8-21-12/h9,11-12,14H,3-8,10H2,1-2H3,(H,17,20). The lowest BCUT2D eigenvalue weighted by Crippen LogP contribution is -2.42. The van der Waals surface area contributed by atoms with Crippen molar-refractivity contribution in [3.8, 4) is 0 Å². The first kappa shape index (κ1) is 15.3. The van der Waals surface area contributed by atoms with Crippen LogP contribution in [0.2, 0.25) is 0 Å². The number of amides is 2. The van der Waals surface area contributed by atoms with Crippen LogP contribution >= 0.6 is 0 Å². The zero-order valence-corrected chi connectivity index (χ0v) is 13.4. The van der Waals surface area contributed by atoms with Crippen LogP contribution in [0.5, 0.6) is 0 Å². The Labute approximate surface area is 131 Å². The summed E-state index contributed by atoms with van der Waals surface area (Å²) in [6.45, 7) is 6.34. The van der Waals surface area contributed by atoms with E-state index in [1.165, 1.54) is 0 Å². The van der Waals surface area contributed by atoms with Gasteiger partial charge in [-0.15, -0.1) is 0 Å². The van der Waals surface area contributed by atoms with Crippen LogP contribution in [0.3, 0.4) is 0 Å². The van der Waals surface area contributed by atoms with Gasteiger partial charge in [0.15, 0.2) is 5.76 Å². The molecule has 6 heteroatoms. The van der Waals surface area contributed by atoms with Crippen molar-refractivity contribution >= 4 is 6.03 Å². The predicted molar refractivity (Wildman–Crippen MR) is 81.6 cm³/mol. The summed E-state index contributed by atoms with van der Waals surface area (Å²) in [6, 6.07) is 1.96. The van der Waals surface area contributed by atoms with Crippen molar-refractivity contribution in [1.82, 2.24) is 15.4 Å². The number of nitrogens with zero attached hydrogens (tertiary/aromatic N) is 2. The molecule has 0 saturated carbocycles. The zero-order valence-electron chi connectivity index (χ0n) is 13.4. The third-order valence-corrected chi connectivity index (χ3v) is 4.49. The van der Waals surface area contributed by atoms with Crippen molar-refractivity contribution < 1.29 is 14.1 Å². The quantitative estimate of drug-likeness (QED) is 0.929. The maximum atomic E-state index is 12.4. The van der Waals surface area contributed by atoms with Gasteiger partial charge in [0.1, 0.15) is 0 Å². The number of aromatic nitrogens is 1. The lowest BCUT2D eigenvalue weighted by atomic mass is 10.1. The number of hydrogen-bond acceptors (Lipinski definition) is 4. The minimum atomic E-state index is -0.0273. The Morgan fingerprint density at radius 1 is 1.45 bits per heavy atom. The van der Waals surface area contributed by atoms with E-state index in [0.717, 1.165) is 50.3 Å². The van der Waals surface area contributed by atoms with Crippen molar-refractivity contribution in [2.75, 3.05) is 19.7 Å². The summed E-state index contributed by atoms with van der Waals surface area (Å²) >= 11 is 0. The smallest absolute Gasteiger partial charge is 0.318 e. The molecule has 6 nitrogen and oxygen atoms in total. The molecule has 1 aromatic heterocycles. The lowest BCUT2D eigenvalue weighted by molar-refractivity contribution is 0.108. The molecule has 1 N–H and O–H groups in total. The summed E-state index contributed by atoms with van der Waals surface area (Å²) in [5.74, 6) is 1.13.